The predicted octanol–water partition coefficient (Wildman–Crippen LogP) is 3.85. The van der Waals surface area contributed by atoms with Crippen molar-refractivity contribution in [2.24, 2.45) is 0 Å². The Balaban J connectivity index is 1.49. The van der Waals surface area contributed by atoms with Crippen molar-refractivity contribution in [3.63, 3.8) is 0 Å². The smallest absolute Gasteiger partial charge is 0.339 e. The van der Waals surface area contributed by atoms with Gasteiger partial charge in [-0.15, -0.1) is 11.8 Å². The third-order valence-corrected chi connectivity index (χ3v) is 6.09. The second kappa shape index (κ2) is 10.6. The molecule has 30 heavy (non-hydrogen) atoms. The summed E-state index contributed by atoms with van der Waals surface area (Å²) in [6.45, 7) is 1.49. The van der Waals surface area contributed by atoms with E-state index in [0.717, 1.165) is 22.9 Å². The summed E-state index contributed by atoms with van der Waals surface area (Å²) in [5.41, 5.74) is 1.29. The number of carbonyl (C=O) groups excluding carboxylic acids is 3. The summed E-state index contributed by atoms with van der Waals surface area (Å²) in [6, 6.07) is 14.6. The Kier molecular flexibility index (Phi) is 7.93. The van der Waals surface area contributed by atoms with Gasteiger partial charge in [0.1, 0.15) is 0 Å². The summed E-state index contributed by atoms with van der Waals surface area (Å²) >= 11 is 4.66. The van der Waals surface area contributed by atoms with Gasteiger partial charge in [-0.05, 0) is 49.6 Å². The van der Waals surface area contributed by atoms with Crippen LogP contribution in [0.1, 0.15) is 41.7 Å². The maximum absolute atomic E-state index is 12.5. The minimum Gasteiger partial charge on any atom is -0.452 e. The van der Waals surface area contributed by atoms with Crippen LogP contribution in [0.15, 0.2) is 57.9 Å². The van der Waals surface area contributed by atoms with E-state index in [1.54, 1.807) is 24.3 Å². The lowest BCUT2D eigenvalue weighted by Gasteiger charge is -2.15. The standard InChI is InChI=1S/C22H23BrN2O4S/c1-14(15-6-8-16(23)9-7-15)24-20(26)12-29-22(28)18-4-2-3-5-19(18)30-13-21(27)25-17-10-11-17/h2-9,14,17H,10-13H2,1H3,(H,24,26)(H,25,27)/t14-/m1/s1. The van der Waals surface area contributed by atoms with E-state index in [2.05, 4.69) is 26.6 Å². The molecule has 1 saturated carbocycles. The normalized spacial score (nSPS) is 13.9. The number of halogens is 1. The van der Waals surface area contributed by atoms with Crippen LogP contribution < -0.4 is 10.6 Å². The molecule has 0 unspecified atom stereocenters. The Morgan fingerprint density at radius 3 is 2.50 bits per heavy atom. The molecule has 8 heteroatoms. The molecular formula is C22H23BrN2O4S. The Morgan fingerprint density at radius 2 is 1.80 bits per heavy atom. The molecule has 158 valence electrons. The molecule has 2 N–H and O–H groups in total. The van der Waals surface area contributed by atoms with Crippen molar-refractivity contribution in [1.82, 2.24) is 10.6 Å². The van der Waals surface area contributed by atoms with E-state index >= 15 is 0 Å². The molecule has 1 aliphatic rings. The van der Waals surface area contributed by atoms with Gasteiger partial charge in [0.05, 0.1) is 17.4 Å². The first-order chi connectivity index (χ1) is 14.4. The molecule has 1 atom stereocenters. The van der Waals surface area contributed by atoms with Gasteiger partial charge in [-0.3, -0.25) is 9.59 Å². The van der Waals surface area contributed by atoms with Crippen molar-refractivity contribution < 1.29 is 19.1 Å². The zero-order chi connectivity index (χ0) is 21.5. The van der Waals surface area contributed by atoms with E-state index in [1.165, 1.54) is 11.8 Å². The summed E-state index contributed by atoms with van der Waals surface area (Å²) in [5, 5.41) is 5.73. The molecule has 2 aromatic rings. The molecule has 0 spiro atoms. The van der Waals surface area contributed by atoms with Crippen LogP contribution in [0.4, 0.5) is 0 Å². The second-order valence-electron chi connectivity index (χ2n) is 7.04. The molecule has 1 fully saturated rings. The van der Waals surface area contributed by atoms with Gasteiger partial charge >= 0.3 is 5.97 Å². The number of hydrogen-bond acceptors (Lipinski definition) is 5. The molecule has 0 radical (unpaired) electrons. The number of thioether (sulfide) groups is 1. The van der Waals surface area contributed by atoms with Crippen LogP contribution in [-0.2, 0) is 14.3 Å². The highest BCUT2D eigenvalue weighted by molar-refractivity contribution is 9.10. The molecule has 0 saturated heterocycles. The van der Waals surface area contributed by atoms with Gasteiger partial charge in [-0.2, -0.15) is 0 Å². The highest BCUT2D eigenvalue weighted by Crippen LogP contribution is 2.24. The number of benzene rings is 2. The van der Waals surface area contributed by atoms with Crippen LogP contribution in [0, 0.1) is 0 Å². The van der Waals surface area contributed by atoms with E-state index in [-0.39, 0.29) is 30.2 Å². The van der Waals surface area contributed by atoms with Crippen molar-refractivity contribution in [3.05, 3.63) is 64.1 Å². The molecular weight excluding hydrogens is 468 g/mol. The summed E-state index contributed by atoms with van der Waals surface area (Å²) in [6.07, 6.45) is 2.06. The van der Waals surface area contributed by atoms with E-state index < -0.39 is 5.97 Å². The minimum atomic E-state index is -0.591. The first kappa shape index (κ1) is 22.4. The first-order valence-electron chi connectivity index (χ1n) is 9.65. The zero-order valence-electron chi connectivity index (χ0n) is 16.5. The molecule has 2 amide bonds. The summed E-state index contributed by atoms with van der Waals surface area (Å²) < 4.78 is 6.15. The van der Waals surface area contributed by atoms with Gasteiger partial charge in [-0.25, -0.2) is 4.79 Å². The minimum absolute atomic E-state index is 0.0491. The Hall–Kier alpha value is -2.32. The van der Waals surface area contributed by atoms with Gasteiger partial charge in [0.2, 0.25) is 5.91 Å². The van der Waals surface area contributed by atoms with Crippen LogP contribution in [-0.4, -0.2) is 36.2 Å². The van der Waals surface area contributed by atoms with Gasteiger partial charge in [0.15, 0.2) is 6.61 Å². The fraction of sp³-hybridized carbons (Fsp3) is 0.318. The second-order valence-corrected chi connectivity index (χ2v) is 8.98. The Labute approximate surface area is 188 Å². The number of nitrogens with one attached hydrogen (secondary N) is 2. The van der Waals surface area contributed by atoms with Crippen molar-refractivity contribution in [2.75, 3.05) is 12.4 Å². The summed E-state index contributed by atoms with van der Waals surface area (Å²) in [4.78, 5) is 37.2. The lowest BCUT2D eigenvalue weighted by molar-refractivity contribution is -0.125. The van der Waals surface area contributed by atoms with E-state index in [0.29, 0.717) is 16.5 Å². The maximum Gasteiger partial charge on any atom is 0.339 e. The Bertz CT molecular complexity index is 916. The highest BCUT2D eigenvalue weighted by atomic mass is 79.9. The number of amides is 2. The highest BCUT2D eigenvalue weighted by Gasteiger charge is 2.23. The number of rotatable bonds is 9. The summed E-state index contributed by atoms with van der Waals surface area (Å²) in [5.74, 6) is -0.793. The monoisotopic (exact) mass is 490 g/mol. The van der Waals surface area contributed by atoms with Crippen molar-refractivity contribution in [2.45, 2.75) is 36.7 Å². The van der Waals surface area contributed by atoms with Crippen LogP contribution in [0.25, 0.3) is 0 Å². The number of esters is 1. The SMILES string of the molecule is C[C@@H](NC(=O)COC(=O)c1ccccc1SCC(=O)NC1CC1)c1ccc(Br)cc1. The van der Waals surface area contributed by atoms with E-state index in [9.17, 15) is 14.4 Å². The largest absolute Gasteiger partial charge is 0.452 e. The Morgan fingerprint density at radius 1 is 1.10 bits per heavy atom. The molecule has 2 aromatic carbocycles. The third-order valence-electron chi connectivity index (χ3n) is 4.49. The van der Waals surface area contributed by atoms with Crippen LogP contribution >= 0.6 is 27.7 Å². The fourth-order valence-electron chi connectivity index (χ4n) is 2.73. The quantitative estimate of drug-likeness (QED) is 0.411. The molecule has 3 rings (SSSR count). The van der Waals surface area contributed by atoms with Gasteiger partial charge in [0.25, 0.3) is 5.91 Å². The number of ether oxygens (including phenoxy) is 1. The third kappa shape index (κ3) is 6.88. The molecule has 0 aliphatic heterocycles. The lowest BCUT2D eigenvalue weighted by atomic mass is 10.1. The molecule has 1 aliphatic carbocycles. The predicted molar refractivity (Wildman–Crippen MR) is 119 cm³/mol. The van der Waals surface area contributed by atoms with Crippen molar-refractivity contribution >= 4 is 45.5 Å². The average molecular weight is 491 g/mol. The average Bonchev–Trinajstić information content (AvgIpc) is 3.55. The van der Waals surface area contributed by atoms with E-state index in [4.69, 9.17) is 4.74 Å². The molecule has 0 aromatic heterocycles. The van der Waals surface area contributed by atoms with Crippen LogP contribution in [0.2, 0.25) is 0 Å². The van der Waals surface area contributed by atoms with Gasteiger partial charge < -0.3 is 15.4 Å². The maximum atomic E-state index is 12.5. The van der Waals surface area contributed by atoms with Gasteiger partial charge in [0, 0.05) is 15.4 Å². The fourth-order valence-corrected chi connectivity index (χ4v) is 3.84. The van der Waals surface area contributed by atoms with E-state index in [1.807, 2.05) is 31.2 Å². The molecule has 0 bridgehead atoms. The number of hydrogen-bond donors (Lipinski definition) is 2. The van der Waals surface area contributed by atoms with Crippen LogP contribution in [0.3, 0.4) is 0 Å². The van der Waals surface area contributed by atoms with Crippen molar-refractivity contribution in [1.29, 1.82) is 0 Å². The lowest BCUT2D eigenvalue weighted by Crippen LogP contribution is -2.31. The molecule has 0 heterocycles. The topological polar surface area (TPSA) is 84.5 Å². The van der Waals surface area contributed by atoms with Crippen molar-refractivity contribution in [3.8, 4) is 0 Å². The number of carbonyl (C=O) groups is 3. The summed E-state index contributed by atoms with van der Waals surface area (Å²) in [7, 11) is 0. The first-order valence-corrected chi connectivity index (χ1v) is 11.4. The molecule has 6 nitrogen and oxygen atoms in total. The van der Waals surface area contributed by atoms with Crippen LogP contribution in [0.5, 0.6) is 0 Å². The zero-order valence-corrected chi connectivity index (χ0v) is 18.9. The van der Waals surface area contributed by atoms with Gasteiger partial charge in [-0.1, -0.05) is 40.2 Å².